The summed E-state index contributed by atoms with van der Waals surface area (Å²) in [6.45, 7) is -0.126. The van der Waals surface area contributed by atoms with Gasteiger partial charge in [0.15, 0.2) is 28.9 Å². The number of methoxy groups -OCH3 is 2. The minimum Gasteiger partial charge on any atom is -0.494 e. The van der Waals surface area contributed by atoms with Crippen molar-refractivity contribution in [1.29, 1.82) is 0 Å². The number of aliphatic imine (C=N–C) groups is 1. The number of aromatic nitrogens is 2. The number of carbonyl (C=O) groups is 1. The predicted molar refractivity (Wildman–Crippen MR) is 112 cm³/mol. The number of anilines is 1. The van der Waals surface area contributed by atoms with Crippen molar-refractivity contribution >= 4 is 18.1 Å². The number of hydrogen-bond donors (Lipinski definition) is 3. The average Bonchev–Trinajstić information content (AvgIpc) is 2.79. The van der Waals surface area contributed by atoms with Gasteiger partial charge in [0.2, 0.25) is 5.95 Å². The van der Waals surface area contributed by atoms with Gasteiger partial charge in [0.25, 0.3) is 0 Å². The van der Waals surface area contributed by atoms with Crippen LogP contribution in [0.25, 0.3) is 0 Å². The first kappa shape index (κ1) is 24.3. The minimum atomic E-state index is -0.898. The molecule has 0 aliphatic carbocycles. The van der Waals surface area contributed by atoms with E-state index in [1.807, 2.05) is 0 Å². The Balaban J connectivity index is 1.99. The van der Waals surface area contributed by atoms with Gasteiger partial charge in [-0.15, -0.1) is 0 Å². The van der Waals surface area contributed by atoms with E-state index in [-0.39, 0.29) is 35.2 Å². The maximum atomic E-state index is 14.4. The summed E-state index contributed by atoms with van der Waals surface area (Å²) in [7, 11) is 2.51. The van der Waals surface area contributed by atoms with Gasteiger partial charge >= 0.3 is 5.97 Å². The van der Waals surface area contributed by atoms with Gasteiger partial charge in [-0.25, -0.2) is 18.7 Å². The van der Waals surface area contributed by atoms with Crippen molar-refractivity contribution in [2.24, 2.45) is 10.7 Å². The normalized spacial score (nSPS) is 11.4. The number of nitrogens with two attached hydrogens (primary N) is 1. The number of benzene rings is 1. The maximum Gasteiger partial charge on any atom is 0.303 e. The van der Waals surface area contributed by atoms with Crippen molar-refractivity contribution in [3.05, 3.63) is 47.6 Å². The second kappa shape index (κ2) is 12.0. The molecule has 1 aromatic carbocycles. The number of nitrogens with one attached hydrogen (secondary N) is 1. The molecule has 1 aromatic heterocycles. The molecule has 10 nitrogen and oxygen atoms in total. The fraction of sp³-hybridized carbons (Fsp3) is 0.300. The van der Waals surface area contributed by atoms with E-state index in [0.29, 0.717) is 18.7 Å². The Morgan fingerprint density at radius 3 is 2.38 bits per heavy atom. The molecule has 0 radical (unpaired) electrons. The number of rotatable bonds is 12. The summed E-state index contributed by atoms with van der Waals surface area (Å²) in [5.41, 5.74) is 5.54. The average molecular weight is 451 g/mol. The van der Waals surface area contributed by atoms with Crippen LogP contribution in [0.2, 0.25) is 0 Å². The van der Waals surface area contributed by atoms with E-state index in [1.54, 1.807) is 0 Å². The first-order valence-electron chi connectivity index (χ1n) is 9.33. The Labute approximate surface area is 182 Å². The Kier molecular flexibility index (Phi) is 9.14. The van der Waals surface area contributed by atoms with Gasteiger partial charge in [0.1, 0.15) is 6.61 Å². The quantitative estimate of drug-likeness (QED) is 0.328. The summed E-state index contributed by atoms with van der Waals surface area (Å²) >= 11 is 0. The van der Waals surface area contributed by atoms with E-state index in [1.165, 1.54) is 39.0 Å². The van der Waals surface area contributed by atoms with Crippen molar-refractivity contribution in [3.63, 3.8) is 0 Å². The zero-order valence-electron chi connectivity index (χ0n) is 17.5. The van der Waals surface area contributed by atoms with Gasteiger partial charge in [-0.05, 0) is 6.42 Å². The van der Waals surface area contributed by atoms with Gasteiger partial charge in [-0.1, -0.05) is 0 Å². The van der Waals surface area contributed by atoms with E-state index in [0.717, 1.165) is 6.07 Å². The number of carboxylic acid groups (broad SMARTS) is 1. The molecule has 0 atom stereocenters. The van der Waals surface area contributed by atoms with E-state index >= 15 is 0 Å². The predicted octanol–water partition coefficient (Wildman–Crippen LogP) is 2.50. The van der Waals surface area contributed by atoms with Gasteiger partial charge < -0.3 is 30.4 Å². The number of hydrogen-bond acceptors (Lipinski definition) is 9. The minimum absolute atomic E-state index is 0.0212. The van der Waals surface area contributed by atoms with Crippen molar-refractivity contribution < 1.29 is 32.9 Å². The van der Waals surface area contributed by atoms with E-state index < -0.39 is 24.2 Å². The van der Waals surface area contributed by atoms with Crippen LogP contribution in [0.15, 0.2) is 35.3 Å². The monoisotopic (exact) mass is 451 g/mol. The lowest BCUT2D eigenvalue weighted by Crippen LogP contribution is -2.08. The highest BCUT2D eigenvalue weighted by atomic mass is 19.1. The smallest absolute Gasteiger partial charge is 0.303 e. The molecule has 0 fully saturated rings. The Morgan fingerprint density at radius 1 is 1.22 bits per heavy atom. The van der Waals surface area contributed by atoms with Crippen LogP contribution in [0.1, 0.15) is 18.4 Å². The molecule has 0 aliphatic rings. The molecule has 2 rings (SSSR count). The second-order valence-corrected chi connectivity index (χ2v) is 6.20. The molecule has 0 bridgehead atoms. The van der Waals surface area contributed by atoms with Crippen LogP contribution in [0, 0.1) is 11.6 Å². The summed E-state index contributed by atoms with van der Waals surface area (Å²) in [6.07, 6.45) is 5.70. The lowest BCUT2D eigenvalue weighted by atomic mass is 10.1. The molecule has 4 N–H and O–H groups in total. The number of ether oxygens (including phenoxy) is 3. The summed E-state index contributed by atoms with van der Waals surface area (Å²) in [4.78, 5) is 22.6. The zero-order chi connectivity index (χ0) is 23.5. The Morgan fingerprint density at radius 2 is 1.84 bits per heavy atom. The van der Waals surface area contributed by atoms with Crippen LogP contribution in [-0.2, 0) is 11.4 Å². The molecule has 0 saturated heterocycles. The Hall–Kier alpha value is -3.96. The summed E-state index contributed by atoms with van der Waals surface area (Å²) in [5, 5.41) is 11.4. The largest absolute Gasteiger partial charge is 0.494 e. The third kappa shape index (κ3) is 6.79. The highest BCUT2D eigenvalue weighted by Crippen LogP contribution is 2.31. The number of carboxylic acids is 1. The molecule has 0 spiro atoms. The lowest BCUT2D eigenvalue weighted by molar-refractivity contribution is -0.137. The number of nitrogens with zero attached hydrogens (tertiary/aromatic N) is 3. The third-order valence-corrected chi connectivity index (χ3v) is 4.02. The topological polar surface area (TPSA) is 141 Å². The number of allylic oxidation sites excluding steroid dienone is 1. The first-order chi connectivity index (χ1) is 15.4. The molecule has 2 aromatic rings. The van der Waals surface area contributed by atoms with Crippen molar-refractivity contribution in [3.8, 4) is 17.2 Å². The summed E-state index contributed by atoms with van der Waals surface area (Å²) < 4.78 is 43.9. The molecule has 0 amide bonds. The van der Waals surface area contributed by atoms with Gasteiger partial charge in [-0.3, -0.25) is 9.79 Å². The van der Waals surface area contributed by atoms with Crippen molar-refractivity contribution in [2.45, 2.75) is 19.4 Å². The van der Waals surface area contributed by atoms with Crippen molar-refractivity contribution in [1.82, 2.24) is 9.97 Å². The highest BCUT2D eigenvalue weighted by Gasteiger charge is 2.20. The van der Waals surface area contributed by atoms with E-state index in [4.69, 9.17) is 25.1 Å². The van der Waals surface area contributed by atoms with Gasteiger partial charge in [-0.2, -0.15) is 0 Å². The van der Waals surface area contributed by atoms with Gasteiger partial charge in [0.05, 0.1) is 37.9 Å². The fourth-order valence-corrected chi connectivity index (χ4v) is 2.40. The first-order valence-corrected chi connectivity index (χ1v) is 9.33. The SMILES string of the molecule is COc1cc(OC)c(F)c(COc2cnc(NC(C=NCCCC(=O)O)=CN)nc2)c1F. The molecule has 12 heteroatoms. The zero-order valence-corrected chi connectivity index (χ0v) is 17.5. The highest BCUT2D eigenvalue weighted by molar-refractivity contribution is 5.82. The lowest BCUT2D eigenvalue weighted by Gasteiger charge is -2.13. The molecule has 32 heavy (non-hydrogen) atoms. The van der Waals surface area contributed by atoms with Crippen LogP contribution >= 0.6 is 0 Å². The van der Waals surface area contributed by atoms with Crippen LogP contribution in [0.4, 0.5) is 14.7 Å². The molecular weight excluding hydrogens is 428 g/mol. The molecule has 0 saturated carbocycles. The molecule has 0 aliphatic heterocycles. The molecule has 172 valence electrons. The fourth-order valence-electron chi connectivity index (χ4n) is 2.40. The van der Waals surface area contributed by atoms with Crippen LogP contribution in [-0.4, -0.2) is 48.0 Å². The Bertz CT molecular complexity index is 955. The van der Waals surface area contributed by atoms with Crippen LogP contribution in [0.5, 0.6) is 17.2 Å². The molecular formula is C20H23F2N5O5. The van der Waals surface area contributed by atoms with E-state index in [9.17, 15) is 13.6 Å². The van der Waals surface area contributed by atoms with Crippen molar-refractivity contribution in [2.75, 3.05) is 26.1 Å². The summed E-state index contributed by atoms with van der Waals surface area (Å²) in [5.74, 6) is -2.70. The number of aliphatic carboxylic acids is 1. The molecule has 0 unspecified atom stereocenters. The van der Waals surface area contributed by atoms with Gasteiger partial charge in [0, 0.05) is 31.4 Å². The second-order valence-electron chi connectivity index (χ2n) is 6.20. The summed E-state index contributed by atoms with van der Waals surface area (Å²) in [6, 6.07) is 1.11. The van der Waals surface area contributed by atoms with Crippen LogP contribution in [0.3, 0.4) is 0 Å². The standard InChI is InChI=1S/C20H23F2N5O5/c1-30-15-6-16(31-2)19(22)14(18(15)21)11-32-13-9-25-20(26-10-13)27-12(7-23)8-24-5-3-4-17(28)29/h6-10H,3-5,11,23H2,1-2H3,(H,28,29)(H,25,26,27). The number of halogens is 2. The maximum absolute atomic E-state index is 14.4. The molecule has 1 heterocycles. The van der Waals surface area contributed by atoms with Crippen LogP contribution < -0.4 is 25.3 Å². The van der Waals surface area contributed by atoms with E-state index in [2.05, 4.69) is 20.3 Å². The third-order valence-electron chi connectivity index (χ3n) is 4.02.